The Balaban J connectivity index is 2.11. The fraction of sp³-hybridized carbons (Fsp3) is 0.400. The minimum absolute atomic E-state index is 0.00509. The van der Waals surface area contributed by atoms with Crippen LogP contribution in [-0.4, -0.2) is 6.98 Å². The van der Waals surface area contributed by atoms with Gasteiger partial charge in [0.15, 0.2) is 0 Å². The van der Waals surface area contributed by atoms with E-state index >= 15 is 0 Å². The van der Waals surface area contributed by atoms with Gasteiger partial charge in [0, 0.05) is 0 Å². The van der Waals surface area contributed by atoms with Crippen LogP contribution < -0.4 is 0 Å². The van der Waals surface area contributed by atoms with Gasteiger partial charge in [-0.2, -0.15) is 13.2 Å². The number of alkyl halides is 3. The molecule has 0 aromatic heterocycles. The van der Waals surface area contributed by atoms with Gasteiger partial charge in [0.1, 0.15) is 0 Å². The molecule has 1 aromatic rings. The normalized spacial score (nSPS) is 24.8. The molecule has 0 aliphatic heterocycles. The van der Waals surface area contributed by atoms with Crippen molar-refractivity contribution >= 4 is 6.98 Å². The highest BCUT2D eigenvalue weighted by molar-refractivity contribution is 6.61. The molecule has 0 nitrogen and oxygen atoms in total. The molecular weight excluding hydrogens is 245 g/mol. The Hall–Kier alpha value is -1.14. The Bertz CT molecular complexity index is 404. The van der Waals surface area contributed by atoms with Crippen LogP contribution in [0.1, 0.15) is 23.5 Å². The van der Waals surface area contributed by atoms with Crippen LogP contribution in [0.25, 0.3) is 0 Å². The molecule has 2 rings (SSSR count). The van der Waals surface area contributed by atoms with Crippen LogP contribution in [0, 0.1) is 0 Å². The molecule has 1 saturated carbocycles. The maximum Gasteiger partial charge on any atom is 0.481 e. The minimum Gasteiger partial charge on any atom is -0.449 e. The first kappa shape index (κ1) is 12.3. The summed E-state index contributed by atoms with van der Waals surface area (Å²) in [5.74, 6) is -2.00. The van der Waals surface area contributed by atoms with E-state index in [1.54, 1.807) is 0 Å². The molecule has 0 heterocycles. The molecule has 1 aliphatic carbocycles. The highest BCUT2D eigenvalue weighted by Gasteiger charge is 2.51. The fourth-order valence-electron chi connectivity index (χ4n) is 1.93. The Morgan fingerprint density at radius 2 is 1.53 bits per heavy atom. The predicted molar refractivity (Wildman–Crippen MR) is 51.6 cm³/mol. The first-order valence-corrected chi connectivity index (χ1v) is 5.06. The number of hydrogen-bond acceptors (Lipinski definition) is 0. The highest BCUT2D eigenvalue weighted by Crippen LogP contribution is 2.59. The van der Waals surface area contributed by atoms with Gasteiger partial charge in [0.05, 0.1) is 5.56 Å². The average molecular weight is 253 g/mol. The van der Waals surface area contributed by atoms with Gasteiger partial charge in [-0.1, -0.05) is 24.4 Å². The van der Waals surface area contributed by atoms with E-state index < -0.39 is 30.5 Å². The summed E-state index contributed by atoms with van der Waals surface area (Å²) in [5, 5.41) is 0. The van der Waals surface area contributed by atoms with Crippen molar-refractivity contribution in [3.05, 3.63) is 35.4 Å². The number of hydrogen-bond donors (Lipinski definition) is 0. The van der Waals surface area contributed by atoms with Gasteiger partial charge < -0.3 is 12.9 Å². The number of rotatable bonds is 2. The molecule has 1 fully saturated rings. The summed E-state index contributed by atoms with van der Waals surface area (Å²) < 4.78 is 73.7. The number of benzene rings is 1. The topological polar surface area (TPSA) is 0 Å². The molecule has 0 saturated heterocycles. The van der Waals surface area contributed by atoms with Crippen LogP contribution in [-0.2, 0) is 6.18 Å². The summed E-state index contributed by atoms with van der Waals surface area (Å²) in [6.45, 7) is -4.88. The van der Waals surface area contributed by atoms with Crippen LogP contribution in [0.15, 0.2) is 24.3 Å². The SMILES string of the molecule is F[B-](F)(F)C1C[C@@H]1c1ccc(C(F)(F)F)cc1. The molecular formula is C10H8BF6-. The van der Waals surface area contributed by atoms with Crippen molar-refractivity contribution in [2.24, 2.45) is 0 Å². The summed E-state index contributed by atoms with van der Waals surface area (Å²) in [7, 11) is 0. The van der Waals surface area contributed by atoms with Gasteiger partial charge in [0.2, 0.25) is 0 Å². The van der Waals surface area contributed by atoms with Crippen molar-refractivity contribution in [2.75, 3.05) is 0 Å². The zero-order valence-electron chi connectivity index (χ0n) is 8.52. The zero-order chi connectivity index (χ0) is 12.8. The summed E-state index contributed by atoms with van der Waals surface area (Å²) in [4.78, 5) is 0. The molecule has 17 heavy (non-hydrogen) atoms. The van der Waals surface area contributed by atoms with Crippen LogP contribution >= 0.6 is 0 Å². The third kappa shape index (κ3) is 2.58. The Labute approximate surface area is 93.7 Å². The van der Waals surface area contributed by atoms with Crippen LogP contribution in [0.4, 0.5) is 26.1 Å². The third-order valence-electron chi connectivity index (χ3n) is 2.99. The summed E-state index contributed by atoms with van der Waals surface area (Å²) in [5.41, 5.74) is -0.502. The molecule has 0 spiro atoms. The monoisotopic (exact) mass is 253 g/mol. The maximum absolute atomic E-state index is 12.3. The second-order valence-electron chi connectivity index (χ2n) is 4.25. The largest absolute Gasteiger partial charge is 0.481 e. The molecule has 2 atom stereocenters. The first-order valence-electron chi connectivity index (χ1n) is 5.06. The van der Waals surface area contributed by atoms with Crippen molar-refractivity contribution in [2.45, 2.75) is 24.3 Å². The molecule has 7 heteroatoms. The standard InChI is InChI=1S/C10H8BF6/c12-10(13,14)7-3-1-6(2-4-7)8-5-9(8)11(15,16)17/h1-4,8-9H,5H2/q-1/t8-,9?/m1/s1. The quantitative estimate of drug-likeness (QED) is 0.540. The summed E-state index contributed by atoms with van der Waals surface area (Å²) >= 11 is 0. The Kier molecular flexibility index (Phi) is 2.67. The van der Waals surface area contributed by atoms with Crippen molar-refractivity contribution in [3.8, 4) is 0 Å². The summed E-state index contributed by atoms with van der Waals surface area (Å²) in [6, 6.07) is 3.92. The second kappa shape index (κ2) is 3.68. The highest BCUT2D eigenvalue weighted by atomic mass is 19.4. The van der Waals surface area contributed by atoms with Crippen LogP contribution in [0.5, 0.6) is 0 Å². The lowest BCUT2D eigenvalue weighted by Gasteiger charge is -2.13. The van der Waals surface area contributed by atoms with Crippen molar-refractivity contribution in [3.63, 3.8) is 0 Å². The van der Waals surface area contributed by atoms with Gasteiger partial charge in [-0.3, -0.25) is 0 Å². The number of halogens is 6. The lowest BCUT2D eigenvalue weighted by Crippen LogP contribution is -2.15. The van der Waals surface area contributed by atoms with Crippen LogP contribution in [0.2, 0.25) is 5.82 Å². The van der Waals surface area contributed by atoms with Gasteiger partial charge in [0.25, 0.3) is 0 Å². The van der Waals surface area contributed by atoms with E-state index in [0.717, 1.165) is 24.3 Å². The van der Waals surface area contributed by atoms with E-state index in [0.29, 0.717) is 5.56 Å². The van der Waals surface area contributed by atoms with E-state index in [-0.39, 0.29) is 6.42 Å². The molecule has 0 N–H and O–H groups in total. The van der Waals surface area contributed by atoms with E-state index in [4.69, 9.17) is 0 Å². The van der Waals surface area contributed by atoms with Crippen LogP contribution in [0.3, 0.4) is 0 Å². The average Bonchev–Trinajstić information content (AvgIpc) is 2.95. The zero-order valence-corrected chi connectivity index (χ0v) is 8.52. The summed E-state index contributed by atoms with van der Waals surface area (Å²) in [6.07, 6.45) is -4.45. The molecule has 1 unspecified atom stereocenters. The Morgan fingerprint density at radius 1 is 1.00 bits per heavy atom. The fourth-order valence-corrected chi connectivity index (χ4v) is 1.93. The molecule has 0 bridgehead atoms. The lowest BCUT2D eigenvalue weighted by atomic mass is 9.81. The Morgan fingerprint density at radius 3 is 1.88 bits per heavy atom. The predicted octanol–water partition coefficient (Wildman–Crippen LogP) is 4.41. The minimum atomic E-state index is -4.88. The van der Waals surface area contributed by atoms with Gasteiger partial charge >= 0.3 is 13.2 Å². The van der Waals surface area contributed by atoms with E-state index in [1.165, 1.54) is 0 Å². The van der Waals surface area contributed by atoms with Crippen molar-refractivity contribution in [1.82, 2.24) is 0 Å². The van der Waals surface area contributed by atoms with E-state index in [9.17, 15) is 26.1 Å². The smallest absolute Gasteiger partial charge is 0.449 e. The second-order valence-corrected chi connectivity index (χ2v) is 4.25. The van der Waals surface area contributed by atoms with Gasteiger partial charge in [-0.25, -0.2) is 0 Å². The lowest BCUT2D eigenvalue weighted by molar-refractivity contribution is -0.137. The molecule has 0 radical (unpaired) electrons. The molecule has 94 valence electrons. The van der Waals surface area contributed by atoms with Gasteiger partial charge in [-0.15, -0.1) is 0 Å². The van der Waals surface area contributed by atoms with E-state index in [1.807, 2.05) is 0 Å². The molecule has 1 aliphatic rings. The third-order valence-corrected chi connectivity index (χ3v) is 2.99. The molecule has 0 amide bonds. The van der Waals surface area contributed by atoms with Crippen molar-refractivity contribution in [1.29, 1.82) is 0 Å². The van der Waals surface area contributed by atoms with E-state index in [2.05, 4.69) is 0 Å². The van der Waals surface area contributed by atoms with Crippen molar-refractivity contribution < 1.29 is 26.1 Å². The first-order chi connectivity index (χ1) is 7.69. The maximum atomic E-state index is 12.3. The van der Waals surface area contributed by atoms with Gasteiger partial charge in [-0.05, 0) is 23.6 Å². The molecule has 1 aromatic carbocycles.